The van der Waals surface area contributed by atoms with E-state index in [0.29, 0.717) is 41.7 Å². The van der Waals surface area contributed by atoms with E-state index in [2.05, 4.69) is 16.9 Å². The van der Waals surface area contributed by atoms with Gasteiger partial charge in [-0.15, -0.1) is 0 Å². The van der Waals surface area contributed by atoms with Crippen LogP contribution in [0.15, 0.2) is 36.7 Å². The van der Waals surface area contributed by atoms with Gasteiger partial charge in [-0.05, 0) is 67.2 Å². The van der Waals surface area contributed by atoms with Gasteiger partial charge < -0.3 is 28.7 Å². The number of ether oxygens (including phenoxy) is 4. The summed E-state index contributed by atoms with van der Waals surface area (Å²) in [5.41, 5.74) is 2.85. The Morgan fingerprint density at radius 2 is 1.54 bits per heavy atom. The first-order chi connectivity index (χ1) is 17.0. The first kappa shape index (κ1) is 24.6. The van der Waals surface area contributed by atoms with Gasteiger partial charge in [-0.2, -0.15) is 0 Å². The smallest absolute Gasteiger partial charge is 0.254 e. The lowest BCUT2D eigenvalue weighted by molar-refractivity contribution is 0.0772. The minimum absolute atomic E-state index is 0.0508. The van der Waals surface area contributed by atoms with Gasteiger partial charge in [0, 0.05) is 43.0 Å². The molecule has 4 rings (SSSR count). The molecule has 0 spiro atoms. The van der Waals surface area contributed by atoms with Crippen molar-refractivity contribution in [1.82, 2.24) is 14.8 Å². The molecule has 2 aromatic carbocycles. The summed E-state index contributed by atoms with van der Waals surface area (Å²) in [5, 5.41) is 2.15. The number of nitrogens with zero attached hydrogens (tertiary/aromatic N) is 3. The third-order valence-electron chi connectivity index (χ3n) is 6.56. The molecule has 8 heteroatoms. The molecular weight excluding hydrogens is 446 g/mol. The number of carbonyl (C=O) groups is 1. The minimum atomic E-state index is 0.0508. The Balaban J connectivity index is 1.32. The van der Waals surface area contributed by atoms with Crippen LogP contribution in [0.25, 0.3) is 10.8 Å². The van der Waals surface area contributed by atoms with E-state index in [1.807, 2.05) is 35.5 Å². The molecule has 3 aromatic rings. The molecule has 0 unspecified atom stereocenters. The number of hydrogen-bond donors (Lipinski definition) is 0. The number of fused-ring (bicyclic) bond motifs is 2. The van der Waals surface area contributed by atoms with Gasteiger partial charge in [0.15, 0.2) is 23.0 Å². The molecule has 0 radical (unpaired) electrons. The van der Waals surface area contributed by atoms with Gasteiger partial charge >= 0.3 is 0 Å². The number of hydrogen-bond acceptors (Lipinski definition) is 7. The molecular formula is C27H33N3O5. The van der Waals surface area contributed by atoms with Gasteiger partial charge in [-0.3, -0.25) is 9.78 Å². The van der Waals surface area contributed by atoms with Gasteiger partial charge in [0.25, 0.3) is 5.91 Å². The summed E-state index contributed by atoms with van der Waals surface area (Å²) < 4.78 is 21.6. The Kier molecular flexibility index (Phi) is 7.60. The van der Waals surface area contributed by atoms with Crippen LogP contribution in [-0.4, -0.2) is 75.8 Å². The molecule has 0 bridgehead atoms. The van der Waals surface area contributed by atoms with E-state index in [9.17, 15) is 4.79 Å². The summed E-state index contributed by atoms with van der Waals surface area (Å²) in [6, 6.07) is 7.67. The van der Waals surface area contributed by atoms with Crippen molar-refractivity contribution in [2.75, 3.05) is 55.1 Å². The van der Waals surface area contributed by atoms with Crippen LogP contribution in [0.3, 0.4) is 0 Å². The summed E-state index contributed by atoms with van der Waals surface area (Å²) in [6.07, 6.45) is 5.53. The highest BCUT2D eigenvalue weighted by atomic mass is 16.5. The van der Waals surface area contributed by atoms with E-state index in [1.54, 1.807) is 34.5 Å². The van der Waals surface area contributed by atoms with E-state index >= 15 is 0 Å². The lowest BCUT2D eigenvalue weighted by atomic mass is 10.0. The van der Waals surface area contributed by atoms with Crippen LogP contribution >= 0.6 is 0 Å². The number of benzene rings is 2. The summed E-state index contributed by atoms with van der Waals surface area (Å²) in [5.74, 6) is 2.70. The zero-order valence-electron chi connectivity index (χ0n) is 21.1. The maximum absolute atomic E-state index is 12.9. The molecule has 0 saturated heterocycles. The summed E-state index contributed by atoms with van der Waals surface area (Å²) >= 11 is 0. The fraction of sp³-hybridized carbons (Fsp3) is 0.407. The zero-order chi connectivity index (χ0) is 24.9. The van der Waals surface area contributed by atoms with E-state index < -0.39 is 0 Å². The largest absolute Gasteiger partial charge is 0.493 e. The summed E-state index contributed by atoms with van der Waals surface area (Å²) in [4.78, 5) is 21.5. The molecule has 186 valence electrons. The fourth-order valence-corrected chi connectivity index (χ4v) is 4.59. The molecule has 2 heterocycles. The molecule has 0 fully saturated rings. The number of carbonyl (C=O) groups excluding carboxylic acids is 1. The van der Waals surface area contributed by atoms with Crippen molar-refractivity contribution in [3.8, 4) is 23.0 Å². The van der Waals surface area contributed by atoms with E-state index in [-0.39, 0.29) is 5.91 Å². The summed E-state index contributed by atoms with van der Waals surface area (Å²) in [7, 11) is 8.58. The molecule has 0 N–H and O–H groups in total. The number of rotatable bonds is 11. The lowest BCUT2D eigenvalue weighted by Gasteiger charge is -2.20. The number of pyridine rings is 1. The van der Waals surface area contributed by atoms with Gasteiger partial charge in [-0.25, -0.2) is 0 Å². The average molecular weight is 480 g/mol. The normalized spacial score (nSPS) is 12.9. The molecule has 1 aliphatic heterocycles. The van der Waals surface area contributed by atoms with Crippen molar-refractivity contribution in [2.24, 2.45) is 0 Å². The van der Waals surface area contributed by atoms with Crippen molar-refractivity contribution >= 4 is 16.7 Å². The third-order valence-corrected chi connectivity index (χ3v) is 6.56. The quantitative estimate of drug-likeness (QED) is 0.414. The first-order valence-electron chi connectivity index (χ1n) is 11.7. The molecule has 1 amide bonds. The number of likely N-dealkylation sites (N-methyl/N-ethyl adjacent to an activating group) is 1. The Hall–Kier alpha value is -3.52. The summed E-state index contributed by atoms with van der Waals surface area (Å²) in [6.45, 7) is 3.08. The maximum Gasteiger partial charge on any atom is 0.254 e. The average Bonchev–Trinajstić information content (AvgIpc) is 3.19. The van der Waals surface area contributed by atoms with E-state index in [0.717, 1.165) is 42.3 Å². The van der Waals surface area contributed by atoms with Crippen molar-refractivity contribution in [3.05, 3.63) is 53.3 Å². The molecule has 0 atom stereocenters. The highest BCUT2D eigenvalue weighted by Gasteiger charge is 2.29. The molecule has 0 saturated carbocycles. The Bertz CT molecular complexity index is 1210. The van der Waals surface area contributed by atoms with E-state index in [1.165, 1.54) is 5.56 Å². The Morgan fingerprint density at radius 1 is 0.886 bits per heavy atom. The topological polar surface area (TPSA) is 73.4 Å². The first-order valence-corrected chi connectivity index (χ1v) is 11.7. The zero-order valence-corrected chi connectivity index (χ0v) is 21.1. The molecule has 0 aliphatic carbocycles. The fourth-order valence-electron chi connectivity index (χ4n) is 4.59. The second-order valence-electron chi connectivity index (χ2n) is 8.72. The van der Waals surface area contributed by atoms with Crippen molar-refractivity contribution in [3.63, 3.8) is 0 Å². The predicted molar refractivity (Wildman–Crippen MR) is 135 cm³/mol. The highest BCUT2D eigenvalue weighted by molar-refractivity contribution is 5.99. The minimum Gasteiger partial charge on any atom is -0.493 e. The Morgan fingerprint density at radius 3 is 2.26 bits per heavy atom. The second-order valence-corrected chi connectivity index (χ2v) is 8.72. The van der Waals surface area contributed by atoms with Crippen LogP contribution in [0, 0.1) is 0 Å². The van der Waals surface area contributed by atoms with Crippen molar-refractivity contribution in [1.29, 1.82) is 0 Å². The highest BCUT2D eigenvalue weighted by Crippen LogP contribution is 2.35. The number of aromatic nitrogens is 1. The molecule has 1 aliphatic rings. The maximum atomic E-state index is 12.9. The van der Waals surface area contributed by atoms with Crippen LogP contribution < -0.4 is 18.9 Å². The van der Waals surface area contributed by atoms with E-state index in [4.69, 9.17) is 18.9 Å². The van der Waals surface area contributed by atoms with Crippen LogP contribution in [-0.2, 0) is 13.0 Å². The van der Waals surface area contributed by atoms with Gasteiger partial charge in [-0.1, -0.05) is 0 Å². The molecule has 8 nitrogen and oxygen atoms in total. The standard InChI is InChI=1S/C27H33N3O5/c1-29(10-7-18-15-28-16-19-11-23(32-2)25(34-4)13-21(18)19)8-6-9-30-17-20-12-24(33-3)26(35-5)14-22(20)27(30)31/h11-16H,6-10,17H2,1-5H3. The lowest BCUT2D eigenvalue weighted by Crippen LogP contribution is -2.29. The van der Waals surface area contributed by atoms with Crippen molar-refractivity contribution < 1.29 is 23.7 Å². The van der Waals surface area contributed by atoms with Crippen molar-refractivity contribution in [2.45, 2.75) is 19.4 Å². The van der Waals surface area contributed by atoms with Crippen LogP contribution in [0.5, 0.6) is 23.0 Å². The monoisotopic (exact) mass is 479 g/mol. The Labute approximate surface area is 206 Å². The second kappa shape index (κ2) is 10.8. The molecule has 1 aromatic heterocycles. The number of amides is 1. The number of methoxy groups -OCH3 is 4. The van der Waals surface area contributed by atoms with Crippen LogP contribution in [0.1, 0.15) is 27.9 Å². The van der Waals surface area contributed by atoms with Crippen LogP contribution in [0.4, 0.5) is 0 Å². The molecule has 35 heavy (non-hydrogen) atoms. The predicted octanol–water partition coefficient (Wildman–Crippen LogP) is 3.79. The third kappa shape index (κ3) is 5.12. The van der Waals surface area contributed by atoms with Crippen LogP contribution in [0.2, 0.25) is 0 Å². The van der Waals surface area contributed by atoms with Gasteiger partial charge in [0.1, 0.15) is 0 Å². The van der Waals surface area contributed by atoms with Gasteiger partial charge in [0.05, 0.1) is 28.4 Å². The van der Waals surface area contributed by atoms with Gasteiger partial charge in [0.2, 0.25) is 0 Å². The SMILES string of the molecule is COc1cc2c(cc1OC)C(=O)N(CCCN(C)CCc1cncc3cc(OC)c(OC)cc13)C2.